The van der Waals surface area contributed by atoms with Gasteiger partial charge in [0.25, 0.3) is 0 Å². The molecule has 0 aliphatic heterocycles. The van der Waals surface area contributed by atoms with Gasteiger partial charge in [0.2, 0.25) is 0 Å². The van der Waals surface area contributed by atoms with Gasteiger partial charge in [0.15, 0.2) is 5.67 Å². The van der Waals surface area contributed by atoms with Crippen molar-refractivity contribution in [3.63, 3.8) is 0 Å². The summed E-state index contributed by atoms with van der Waals surface area (Å²) in [5, 5.41) is 2.13. The van der Waals surface area contributed by atoms with Gasteiger partial charge < -0.3 is 5.73 Å². The summed E-state index contributed by atoms with van der Waals surface area (Å²) in [5.74, 6) is 0. The number of alkyl halides is 1. The van der Waals surface area contributed by atoms with Crippen molar-refractivity contribution in [3.05, 3.63) is 83.9 Å². The Labute approximate surface area is 117 Å². The van der Waals surface area contributed by atoms with Crippen LogP contribution in [-0.4, -0.2) is 6.54 Å². The topological polar surface area (TPSA) is 26.0 Å². The summed E-state index contributed by atoms with van der Waals surface area (Å²) in [5.41, 5.74) is 5.29. The first-order chi connectivity index (χ1) is 9.74. The summed E-state index contributed by atoms with van der Waals surface area (Å²) in [4.78, 5) is 0. The minimum absolute atomic E-state index is 0.0741. The van der Waals surface area contributed by atoms with Gasteiger partial charge in [0, 0.05) is 6.54 Å². The number of nitrogens with two attached hydrogens (primary N) is 1. The molecule has 2 N–H and O–H groups in total. The molecule has 3 aromatic carbocycles. The van der Waals surface area contributed by atoms with Crippen LogP contribution in [0.4, 0.5) is 4.39 Å². The summed E-state index contributed by atoms with van der Waals surface area (Å²) in [6.45, 7) is -0.0741. The molecule has 0 amide bonds. The standard InChI is InChI=1S/C18H16FN/c19-18(13-20,16-8-2-1-3-9-16)17-11-10-14-6-4-5-7-15(14)12-17/h1-12H,13,20H2. The molecule has 0 saturated carbocycles. The maximum absolute atomic E-state index is 15.4. The van der Waals surface area contributed by atoms with Gasteiger partial charge in [-0.05, 0) is 28.0 Å². The fourth-order valence-electron chi connectivity index (χ4n) is 2.54. The van der Waals surface area contributed by atoms with Crippen molar-refractivity contribution in [2.75, 3.05) is 6.54 Å². The molecule has 0 radical (unpaired) electrons. The molecule has 0 saturated heterocycles. The van der Waals surface area contributed by atoms with Crippen molar-refractivity contribution >= 4 is 10.8 Å². The molecular formula is C18H16FN. The lowest BCUT2D eigenvalue weighted by atomic mass is 9.87. The highest BCUT2D eigenvalue weighted by Crippen LogP contribution is 2.34. The minimum Gasteiger partial charge on any atom is -0.327 e. The van der Waals surface area contributed by atoms with Crippen LogP contribution in [-0.2, 0) is 5.67 Å². The van der Waals surface area contributed by atoms with Crippen LogP contribution in [0.5, 0.6) is 0 Å². The Morgan fingerprint density at radius 1 is 0.750 bits per heavy atom. The monoisotopic (exact) mass is 265 g/mol. The van der Waals surface area contributed by atoms with Crippen LogP contribution in [0, 0.1) is 0 Å². The third-order valence-electron chi connectivity index (χ3n) is 3.72. The van der Waals surface area contributed by atoms with Crippen molar-refractivity contribution < 1.29 is 4.39 Å². The van der Waals surface area contributed by atoms with Crippen LogP contribution >= 0.6 is 0 Å². The lowest BCUT2D eigenvalue weighted by Gasteiger charge is -2.25. The quantitative estimate of drug-likeness (QED) is 0.760. The highest BCUT2D eigenvalue weighted by Gasteiger charge is 2.32. The van der Waals surface area contributed by atoms with Crippen LogP contribution in [0.1, 0.15) is 11.1 Å². The Balaban J connectivity index is 2.16. The first-order valence-corrected chi connectivity index (χ1v) is 6.68. The van der Waals surface area contributed by atoms with Crippen LogP contribution in [0.25, 0.3) is 10.8 Å². The smallest absolute Gasteiger partial charge is 0.173 e. The molecule has 0 fully saturated rings. The highest BCUT2D eigenvalue weighted by atomic mass is 19.1. The van der Waals surface area contributed by atoms with Crippen molar-refractivity contribution in [1.82, 2.24) is 0 Å². The zero-order chi connectivity index (χ0) is 14.0. The summed E-state index contributed by atoms with van der Waals surface area (Å²) >= 11 is 0. The number of fused-ring (bicyclic) bond motifs is 1. The van der Waals surface area contributed by atoms with E-state index in [0.29, 0.717) is 11.1 Å². The van der Waals surface area contributed by atoms with E-state index in [4.69, 9.17) is 5.73 Å². The van der Waals surface area contributed by atoms with E-state index >= 15 is 4.39 Å². The molecule has 0 aliphatic carbocycles. The third kappa shape index (κ3) is 2.08. The van der Waals surface area contributed by atoms with Gasteiger partial charge in [0.05, 0.1) is 0 Å². The molecule has 20 heavy (non-hydrogen) atoms. The molecule has 1 atom stereocenters. The fraction of sp³-hybridized carbons (Fsp3) is 0.111. The van der Waals surface area contributed by atoms with E-state index in [2.05, 4.69) is 0 Å². The predicted molar refractivity (Wildman–Crippen MR) is 81.3 cm³/mol. The Bertz CT molecular complexity index is 724. The molecule has 1 unspecified atom stereocenters. The van der Waals surface area contributed by atoms with E-state index in [1.807, 2.05) is 60.7 Å². The zero-order valence-electron chi connectivity index (χ0n) is 11.1. The fourth-order valence-corrected chi connectivity index (χ4v) is 2.54. The maximum atomic E-state index is 15.4. The largest absolute Gasteiger partial charge is 0.327 e. The SMILES string of the molecule is NCC(F)(c1ccccc1)c1ccc2ccccc2c1. The number of hydrogen-bond acceptors (Lipinski definition) is 1. The lowest BCUT2D eigenvalue weighted by molar-refractivity contribution is 0.233. The molecule has 0 aromatic heterocycles. The molecule has 3 aromatic rings. The molecule has 0 heterocycles. The molecule has 0 spiro atoms. The van der Waals surface area contributed by atoms with Gasteiger partial charge in [0.1, 0.15) is 0 Å². The average molecular weight is 265 g/mol. The second-order valence-corrected chi connectivity index (χ2v) is 4.93. The number of halogens is 1. The van der Waals surface area contributed by atoms with E-state index in [9.17, 15) is 0 Å². The third-order valence-corrected chi connectivity index (χ3v) is 3.72. The summed E-state index contributed by atoms with van der Waals surface area (Å²) in [6, 6.07) is 22.7. The Morgan fingerprint density at radius 3 is 2.10 bits per heavy atom. The normalized spacial score (nSPS) is 14.1. The molecule has 100 valence electrons. The van der Waals surface area contributed by atoms with Gasteiger partial charge in [-0.3, -0.25) is 0 Å². The van der Waals surface area contributed by atoms with Gasteiger partial charge in [-0.2, -0.15) is 0 Å². The van der Waals surface area contributed by atoms with E-state index < -0.39 is 5.67 Å². The Hall–Kier alpha value is -2.19. The number of hydrogen-bond donors (Lipinski definition) is 1. The van der Waals surface area contributed by atoms with E-state index in [1.54, 1.807) is 12.1 Å². The number of benzene rings is 3. The van der Waals surface area contributed by atoms with E-state index in [1.165, 1.54) is 0 Å². The summed E-state index contributed by atoms with van der Waals surface area (Å²) < 4.78 is 15.4. The second-order valence-electron chi connectivity index (χ2n) is 4.93. The Kier molecular flexibility index (Phi) is 3.25. The van der Waals surface area contributed by atoms with Crippen LogP contribution in [0.3, 0.4) is 0 Å². The van der Waals surface area contributed by atoms with Gasteiger partial charge in [-0.15, -0.1) is 0 Å². The molecule has 1 nitrogen and oxygen atoms in total. The van der Waals surface area contributed by atoms with Gasteiger partial charge >= 0.3 is 0 Å². The predicted octanol–water partition coefficient (Wildman–Crippen LogP) is 4.01. The van der Waals surface area contributed by atoms with Gasteiger partial charge in [-0.25, -0.2) is 4.39 Å². The van der Waals surface area contributed by atoms with Crippen molar-refractivity contribution in [1.29, 1.82) is 0 Å². The van der Waals surface area contributed by atoms with Crippen LogP contribution in [0.15, 0.2) is 72.8 Å². The zero-order valence-corrected chi connectivity index (χ0v) is 11.1. The van der Waals surface area contributed by atoms with Crippen molar-refractivity contribution in [2.24, 2.45) is 5.73 Å². The lowest BCUT2D eigenvalue weighted by Crippen LogP contribution is -2.31. The van der Waals surface area contributed by atoms with Crippen LogP contribution in [0.2, 0.25) is 0 Å². The average Bonchev–Trinajstić information content (AvgIpc) is 2.54. The van der Waals surface area contributed by atoms with E-state index in [-0.39, 0.29) is 6.54 Å². The first kappa shape index (κ1) is 12.8. The summed E-state index contributed by atoms with van der Waals surface area (Å²) in [6.07, 6.45) is 0. The van der Waals surface area contributed by atoms with Crippen molar-refractivity contribution in [2.45, 2.75) is 5.67 Å². The number of rotatable bonds is 3. The second kappa shape index (κ2) is 5.06. The van der Waals surface area contributed by atoms with E-state index in [0.717, 1.165) is 10.8 Å². The molecular weight excluding hydrogens is 249 g/mol. The first-order valence-electron chi connectivity index (χ1n) is 6.68. The maximum Gasteiger partial charge on any atom is 0.173 e. The van der Waals surface area contributed by atoms with Crippen LogP contribution < -0.4 is 5.73 Å². The molecule has 3 rings (SSSR count). The summed E-state index contributed by atoms with van der Waals surface area (Å²) in [7, 11) is 0. The highest BCUT2D eigenvalue weighted by molar-refractivity contribution is 5.83. The molecule has 0 bridgehead atoms. The molecule has 2 heteroatoms. The Morgan fingerprint density at radius 2 is 1.40 bits per heavy atom. The molecule has 0 aliphatic rings. The van der Waals surface area contributed by atoms with Gasteiger partial charge in [-0.1, -0.05) is 66.7 Å². The van der Waals surface area contributed by atoms with Crippen molar-refractivity contribution in [3.8, 4) is 0 Å². The minimum atomic E-state index is -1.65.